The second kappa shape index (κ2) is 5.94. The van der Waals surface area contributed by atoms with Crippen LogP contribution in [-0.4, -0.2) is 29.3 Å². The van der Waals surface area contributed by atoms with Gasteiger partial charge in [0.15, 0.2) is 0 Å². The third kappa shape index (κ3) is 3.01. The number of rotatable bonds is 5. The Morgan fingerprint density at radius 2 is 2.12 bits per heavy atom. The molecule has 0 spiro atoms. The van der Waals surface area contributed by atoms with Crippen LogP contribution >= 0.6 is 11.6 Å². The van der Waals surface area contributed by atoms with Crippen LogP contribution in [0.3, 0.4) is 0 Å². The number of hydrogen-bond acceptors (Lipinski definition) is 4. The summed E-state index contributed by atoms with van der Waals surface area (Å²) in [5.74, 6) is 0.747. The van der Waals surface area contributed by atoms with E-state index in [2.05, 4.69) is 0 Å². The number of benzene rings is 1. The minimum Gasteiger partial charge on any atom is -0.496 e. The lowest BCUT2D eigenvalue weighted by Crippen LogP contribution is -2.19. The molecule has 0 heterocycles. The highest BCUT2D eigenvalue weighted by molar-refractivity contribution is 6.17. The largest absolute Gasteiger partial charge is 0.496 e. The topological polar surface area (TPSA) is 75.7 Å². The van der Waals surface area contributed by atoms with Crippen LogP contribution in [0.5, 0.6) is 5.75 Å². The third-order valence-electron chi connectivity index (χ3n) is 2.35. The molecule has 16 heavy (non-hydrogen) atoms. The lowest BCUT2D eigenvalue weighted by Gasteiger charge is -2.19. The number of anilines is 1. The number of aliphatic hydroxyl groups excluding tert-OH is 2. The van der Waals surface area contributed by atoms with Gasteiger partial charge in [0.05, 0.1) is 13.2 Å². The Bertz CT molecular complexity index is 346. The Hall–Kier alpha value is -0.970. The zero-order valence-corrected chi connectivity index (χ0v) is 9.81. The molecule has 4 N–H and O–H groups in total. The molecule has 0 fully saturated rings. The molecule has 1 rings (SSSR count). The Morgan fingerprint density at radius 1 is 1.44 bits per heavy atom. The first-order valence-electron chi connectivity index (χ1n) is 4.95. The highest BCUT2D eigenvalue weighted by atomic mass is 35.5. The molecule has 1 aromatic carbocycles. The van der Waals surface area contributed by atoms with Crippen LogP contribution in [0.2, 0.25) is 0 Å². The predicted molar refractivity (Wildman–Crippen MR) is 63.7 cm³/mol. The van der Waals surface area contributed by atoms with Gasteiger partial charge in [-0.1, -0.05) is 6.07 Å². The average molecular weight is 246 g/mol. The van der Waals surface area contributed by atoms with Crippen molar-refractivity contribution in [3.05, 3.63) is 23.8 Å². The molecule has 0 aromatic heterocycles. The maximum absolute atomic E-state index is 9.89. The Kier molecular flexibility index (Phi) is 4.86. The summed E-state index contributed by atoms with van der Waals surface area (Å²) in [6, 6.07) is 4.89. The molecule has 90 valence electrons. The molecule has 2 atom stereocenters. The van der Waals surface area contributed by atoms with Crippen molar-refractivity contribution in [2.24, 2.45) is 0 Å². The smallest absolute Gasteiger partial charge is 0.126 e. The molecule has 0 radical (unpaired) electrons. The molecular weight excluding hydrogens is 230 g/mol. The molecule has 0 aliphatic carbocycles. The van der Waals surface area contributed by atoms with E-state index in [1.54, 1.807) is 18.2 Å². The molecule has 1 aromatic rings. The summed E-state index contributed by atoms with van der Waals surface area (Å²) in [5, 5.41) is 19.5. The monoisotopic (exact) mass is 245 g/mol. The molecular formula is C11H16ClNO3. The highest BCUT2D eigenvalue weighted by Gasteiger charge is 2.21. The molecule has 5 heteroatoms. The summed E-state index contributed by atoms with van der Waals surface area (Å²) in [6.07, 6.45) is -1.61. The van der Waals surface area contributed by atoms with Crippen LogP contribution < -0.4 is 10.5 Å². The van der Waals surface area contributed by atoms with Gasteiger partial charge in [-0.2, -0.15) is 0 Å². The van der Waals surface area contributed by atoms with Gasteiger partial charge in [-0.25, -0.2) is 0 Å². The molecule has 0 aliphatic rings. The third-order valence-corrected chi connectivity index (χ3v) is 2.56. The van der Waals surface area contributed by atoms with Crippen molar-refractivity contribution in [1.82, 2.24) is 0 Å². The molecule has 0 saturated heterocycles. The van der Waals surface area contributed by atoms with Gasteiger partial charge in [0.2, 0.25) is 0 Å². The van der Waals surface area contributed by atoms with E-state index in [9.17, 15) is 10.2 Å². The molecule has 0 bridgehead atoms. The van der Waals surface area contributed by atoms with E-state index in [1.807, 2.05) is 0 Å². The predicted octanol–water partition coefficient (Wildman–Crippen LogP) is 1.30. The number of nitrogen functional groups attached to an aromatic ring is 1. The number of halogens is 1. The number of aliphatic hydroxyl groups is 2. The first-order valence-corrected chi connectivity index (χ1v) is 5.49. The van der Waals surface area contributed by atoms with Gasteiger partial charge in [0.1, 0.15) is 11.9 Å². The summed E-state index contributed by atoms with van der Waals surface area (Å²) in [4.78, 5) is 0. The van der Waals surface area contributed by atoms with Gasteiger partial charge in [-0.15, -0.1) is 11.6 Å². The molecule has 0 aliphatic heterocycles. The zero-order chi connectivity index (χ0) is 12.1. The minimum absolute atomic E-state index is 0.287. The van der Waals surface area contributed by atoms with Gasteiger partial charge in [-0.05, 0) is 12.5 Å². The molecule has 2 unspecified atom stereocenters. The van der Waals surface area contributed by atoms with Crippen molar-refractivity contribution in [3.8, 4) is 5.75 Å². The summed E-state index contributed by atoms with van der Waals surface area (Å²) in [5.41, 5.74) is 6.64. The highest BCUT2D eigenvalue weighted by Crippen LogP contribution is 2.30. The first-order chi connectivity index (χ1) is 7.60. The van der Waals surface area contributed by atoms with E-state index in [0.717, 1.165) is 0 Å². The number of ether oxygens (including phenoxy) is 1. The fourth-order valence-electron chi connectivity index (χ4n) is 1.45. The van der Waals surface area contributed by atoms with E-state index < -0.39 is 12.2 Å². The number of methoxy groups -OCH3 is 1. The second-order valence-corrected chi connectivity index (χ2v) is 3.87. The van der Waals surface area contributed by atoms with Crippen molar-refractivity contribution < 1.29 is 14.9 Å². The summed E-state index contributed by atoms with van der Waals surface area (Å²) in [7, 11) is 1.49. The van der Waals surface area contributed by atoms with Crippen LogP contribution in [0.15, 0.2) is 18.2 Å². The van der Waals surface area contributed by atoms with Crippen molar-refractivity contribution in [2.75, 3.05) is 18.7 Å². The van der Waals surface area contributed by atoms with Gasteiger partial charge < -0.3 is 20.7 Å². The van der Waals surface area contributed by atoms with Gasteiger partial charge in [-0.3, -0.25) is 0 Å². The van der Waals surface area contributed by atoms with Crippen LogP contribution in [0.1, 0.15) is 18.1 Å². The fraction of sp³-hybridized carbons (Fsp3) is 0.455. The lowest BCUT2D eigenvalue weighted by molar-refractivity contribution is 0.0157. The number of alkyl halides is 1. The average Bonchev–Trinajstić information content (AvgIpc) is 2.28. The van der Waals surface area contributed by atoms with Crippen molar-refractivity contribution in [2.45, 2.75) is 18.6 Å². The molecule has 4 nitrogen and oxygen atoms in total. The number of hydrogen-bond donors (Lipinski definition) is 3. The maximum Gasteiger partial charge on any atom is 0.126 e. The normalized spacial score (nSPS) is 14.5. The van der Waals surface area contributed by atoms with E-state index in [0.29, 0.717) is 23.4 Å². The Balaban J connectivity index is 2.93. The molecule has 0 amide bonds. The fourth-order valence-corrected chi connectivity index (χ4v) is 1.67. The van der Waals surface area contributed by atoms with Gasteiger partial charge in [0, 0.05) is 23.2 Å². The maximum atomic E-state index is 9.89. The standard InChI is InChI=1S/C11H16ClNO3/c1-16-10-6-7(13)2-3-8(10)11(15)9(14)4-5-12/h2-3,6,9,11,14-15H,4-5,13H2,1H3. The van der Waals surface area contributed by atoms with Gasteiger partial charge >= 0.3 is 0 Å². The van der Waals surface area contributed by atoms with Crippen molar-refractivity contribution in [3.63, 3.8) is 0 Å². The van der Waals surface area contributed by atoms with E-state index in [1.165, 1.54) is 7.11 Å². The van der Waals surface area contributed by atoms with Crippen LogP contribution in [-0.2, 0) is 0 Å². The SMILES string of the molecule is COc1cc(N)ccc1C(O)C(O)CCCl. The summed E-state index contributed by atoms with van der Waals surface area (Å²) >= 11 is 5.50. The Labute approximate surface area is 99.6 Å². The molecule has 0 saturated carbocycles. The van der Waals surface area contributed by atoms with E-state index >= 15 is 0 Å². The van der Waals surface area contributed by atoms with Crippen LogP contribution in [0, 0.1) is 0 Å². The zero-order valence-electron chi connectivity index (χ0n) is 9.06. The van der Waals surface area contributed by atoms with Crippen molar-refractivity contribution >= 4 is 17.3 Å². The van der Waals surface area contributed by atoms with Crippen molar-refractivity contribution in [1.29, 1.82) is 0 Å². The van der Waals surface area contributed by atoms with E-state index in [-0.39, 0.29) is 5.88 Å². The van der Waals surface area contributed by atoms with Crippen LogP contribution in [0.25, 0.3) is 0 Å². The minimum atomic E-state index is -1.02. The lowest BCUT2D eigenvalue weighted by atomic mass is 10.0. The summed E-state index contributed by atoms with van der Waals surface area (Å²) in [6.45, 7) is 0. The quantitative estimate of drug-likeness (QED) is 0.540. The first kappa shape index (κ1) is 13.1. The second-order valence-electron chi connectivity index (χ2n) is 3.49. The summed E-state index contributed by atoms with van der Waals surface area (Å²) < 4.78 is 5.09. The van der Waals surface area contributed by atoms with Crippen LogP contribution in [0.4, 0.5) is 5.69 Å². The Morgan fingerprint density at radius 3 is 2.69 bits per heavy atom. The van der Waals surface area contributed by atoms with Gasteiger partial charge in [0.25, 0.3) is 0 Å². The van der Waals surface area contributed by atoms with E-state index in [4.69, 9.17) is 22.1 Å². The number of nitrogens with two attached hydrogens (primary N) is 1.